The summed E-state index contributed by atoms with van der Waals surface area (Å²) in [5.74, 6) is 0.569. The number of hydrogen-bond acceptors (Lipinski definition) is 3. The van der Waals surface area contributed by atoms with Crippen molar-refractivity contribution in [1.29, 1.82) is 0 Å². The second kappa shape index (κ2) is 5.98. The fourth-order valence-electron chi connectivity index (χ4n) is 1.52. The van der Waals surface area contributed by atoms with Gasteiger partial charge >= 0.3 is 0 Å². The number of rotatable bonds is 5. The number of hydrogen-bond donors (Lipinski definition) is 1. The molecule has 0 fully saturated rings. The van der Waals surface area contributed by atoms with Gasteiger partial charge in [-0.05, 0) is 29.9 Å². The quantitative estimate of drug-likeness (QED) is 0.820. The number of carbonyl (C=O) groups is 1. The van der Waals surface area contributed by atoms with E-state index in [-0.39, 0.29) is 5.91 Å². The highest BCUT2D eigenvalue weighted by Gasteiger charge is 2.11. The van der Waals surface area contributed by atoms with E-state index in [0.717, 1.165) is 23.2 Å². The fraction of sp³-hybridized carbons (Fsp3) is 0.417. The standard InChI is InChI=1S/C12H14BrNOS2/c1-8(2-4-13)7-14-12(15)11-6-10-9(17-11)3-5-16-10/h3,5-6,8H,2,4,7H2,1H3,(H,14,15). The maximum atomic E-state index is 11.9. The minimum absolute atomic E-state index is 0.0554. The van der Waals surface area contributed by atoms with Crippen molar-refractivity contribution in [3.63, 3.8) is 0 Å². The van der Waals surface area contributed by atoms with Gasteiger partial charge in [0.05, 0.1) is 4.88 Å². The third kappa shape index (κ3) is 3.30. The number of fused-ring (bicyclic) bond motifs is 1. The highest BCUT2D eigenvalue weighted by Crippen LogP contribution is 2.29. The second-order valence-corrected chi connectivity index (χ2v) is 6.88. The minimum atomic E-state index is 0.0554. The van der Waals surface area contributed by atoms with Crippen LogP contribution < -0.4 is 5.32 Å². The van der Waals surface area contributed by atoms with E-state index in [1.807, 2.05) is 6.07 Å². The SMILES string of the molecule is CC(CCBr)CNC(=O)c1cc2sccc2s1. The van der Waals surface area contributed by atoms with Crippen molar-refractivity contribution in [2.24, 2.45) is 5.92 Å². The van der Waals surface area contributed by atoms with Crippen LogP contribution in [0.1, 0.15) is 23.0 Å². The Bertz CT molecular complexity index is 477. The average molecular weight is 332 g/mol. The Morgan fingerprint density at radius 3 is 3.06 bits per heavy atom. The first kappa shape index (κ1) is 13.1. The summed E-state index contributed by atoms with van der Waals surface area (Å²) in [4.78, 5) is 12.7. The summed E-state index contributed by atoms with van der Waals surface area (Å²) in [5, 5.41) is 6.03. The molecule has 2 nitrogen and oxygen atoms in total. The van der Waals surface area contributed by atoms with Gasteiger partial charge in [0.2, 0.25) is 0 Å². The number of amides is 1. The Hall–Kier alpha value is -0.390. The molecule has 1 unspecified atom stereocenters. The lowest BCUT2D eigenvalue weighted by atomic mass is 10.1. The van der Waals surface area contributed by atoms with Crippen LogP contribution in [0.5, 0.6) is 0 Å². The highest BCUT2D eigenvalue weighted by molar-refractivity contribution is 9.09. The second-order valence-electron chi connectivity index (χ2n) is 4.05. The first-order chi connectivity index (χ1) is 8.20. The van der Waals surface area contributed by atoms with Crippen LogP contribution >= 0.6 is 38.6 Å². The van der Waals surface area contributed by atoms with E-state index in [2.05, 4.69) is 39.6 Å². The van der Waals surface area contributed by atoms with E-state index in [1.54, 1.807) is 22.7 Å². The van der Waals surface area contributed by atoms with Crippen molar-refractivity contribution in [2.45, 2.75) is 13.3 Å². The summed E-state index contributed by atoms with van der Waals surface area (Å²) in [6.07, 6.45) is 1.08. The van der Waals surface area contributed by atoms with Gasteiger partial charge in [-0.25, -0.2) is 0 Å². The largest absolute Gasteiger partial charge is 0.351 e. The van der Waals surface area contributed by atoms with E-state index in [1.165, 1.54) is 9.40 Å². The zero-order valence-corrected chi connectivity index (χ0v) is 12.8. The minimum Gasteiger partial charge on any atom is -0.351 e. The molecule has 1 atom stereocenters. The molecule has 0 radical (unpaired) electrons. The summed E-state index contributed by atoms with van der Waals surface area (Å²) in [7, 11) is 0. The van der Waals surface area contributed by atoms with Crippen LogP contribution in [-0.2, 0) is 0 Å². The predicted molar refractivity (Wildman–Crippen MR) is 79.6 cm³/mol. The zero-order chi connectivity index (χ0) is 12.3. The van der Waals surface area contributed by atoms with Crippen molar-refractivity contribution < 1.29 is 4.79 Å². The van der Waals surface area contributed by atoms with Gasteiger partial charge in [-0.15, -0.1) is 22.7 Å². The van der Waals surface area contributed by atoms with Crippen LogP contribution in [0.3, 0.4) is 0 Å². The first-order valence-electron chi connectivity index (χ1n) is 5.52. The molecule has 1 N–H and O–H groups in total. The van der Waals surface area contributed by atoms with Crippen LogP contribution in [0.15, 0.2) is 17.5 Å². The molecule has 0 spiro atoms. The molecule has 0 aliphatic heterocycles. The Balaban J connectivity index is 1.94. The van der Waals surface area contributed by atoms with Gasteiger partial charge in [0, 0.05) is 21.3 Å². The molecule has 0 saturated carbocycles. The van der Waals surface area contributed by atoms with E-state index >= 15 is 0 Å². The fourth-order valence-corrected chi connectivity index (χ4v) is 4.33. The van der Waals surface area contributed by atoms with Gasteiger partial charge in [0.15, 0.2) is 0 Å². The van der Waals surface area contributed by atoms with Crippen molar-refractivity contribution in [3.05, 3.63) is 22.4 Å². The molecule has 0 bridgehead atoms. The number of carbonyl (C=O) groups excluding carboxylic acids is 1. The zero-order valence-electron chi connectivity index (χ0n) is 9.53. The van der Waals surface area contributed by atoms with Crippen LogP contribution in [0.25, 0.3) is 9.40 Å². The summed E-state index contributed by atoms with van der Waals surface area (Å²) >= 11 is 6.66. The van der Waals surface area contributed by atoms with E-state index in [4.69, 9.17) is 0 Å². The topological polar surface area (TPSA) is 29.1 Å². The molecular formula is C12H14BrNOS2. The molecule has 0 aliphatic carbocycles. The van der Waals surface area contributed by atoms with Crippen molar-refractivity contribution in [3.8, 4) is 0 Å². The summed E-state index contributed by atoms with van der Waals surface area (Å²) in [6.45, 7) is 2.89. The van der Waals surface area contributed by atoms with Crippen LogP contribution in [0.2, 0.25) is 0 Å². The molecule has 2 rings (SSSR count). The number of halogens is 1. The average Bonchev–Trinajstić information content (AvgIpc) is 2.86. The number of alkyl halides is 1. The predicted octanol–water partition coefficient (Wildman–Crippen LogP) is 4.11. The van der Waals surface area contributed by atoms with E-state index < -0.39 is 0 Å². The van der Waals surface area contributed by atoms with Crippen LogP contribution in [0, 0.1) is 5.92 Å². The normalized spacial score (nSPS) is 12.8. The first-order valence-corrected chi connectivity index (χ1v) is 8.33. The van der Waals surface area contributed by atoms with Gasteiger partial charge in [-0.1, -0.05) is 22.9 Å². The Kier molecular flexibility index (Phi) is 4.59. The molecule has 0 aliphatic rings. The van der Waals surface area contributed by atoms with E-state index in [9.17, 15) is 4.79 Å². The summed E-state index contributed by atoms with van der Waals surface area (Å²) < 4.78 is 2.40. The number of nitrogens with one attached hydrogen (secondary N) is 1. The van der Waals surface area contributed by atoms with Gasteiger partial charge in [-0.3, -0.25) is 4.79 Å². The van der Waals surface area contributed by atoms with E-state index in [0.29, 0.717) is 5.92 Å². The number of thiophene rings is 2. The van der Waals surface area contributed by atoms with Gasteiger partial charge in [-0.2, -0.15) is 0 Å². The maximum Gasteiger partial charge on any atom is 0.261 e. The molecule has 17 heavy (non-hydrogen) atoms. The highest BCUT2D eigenvalue weighted by atomic mass is 79.9. The van der Waals surface area contributed by atoms with Crippen molar-refractivity contribution >= 4 is 53.9 Å². The van der Waals surface area contributed by atoms with Gasteiger partial charge in [0.25, 0.3) is 5.91 Å². The lowest BCUT2D eigenvalue weighted by molar-refractivity contribution is 0.0952. The molecule has 2 heterocycles. The maximum absolute atomic E-state index is 11.9. The van der Waals surface area contributed by atoms with Crippen LogP contribution in [0.4, 0.5) is 0 Å². The lowest BCUT2D eigenvalue weighted by Gasteiger charge is -2.09. The monoisotopic (exact) mass is 331 g/mol. The third-order valence-corrected chi connectivity index (χ3v) is 5.13. The van der Waals surface area contributed by atoms with Crippen molar-refractivity contribution in [1.82, 2.24) is 5.32 Å². The smallest absolute Gasteiger partial charge is 0.261 e. The summed E-state index contributed by atoms with van der Waals surface area (Å²) in [5.41, 5.74) is 0. The molecule has 0 saturated heterocycles. The summed E-state index contributed by atoms with van der Waals surface area (Å²) in [6, 6.07) is 4.05. The molecule has 0 aromatic carbocycles. The third-order valence-electron chi connectivity index (χ3n) is 2.58. The van der Waals surface area contributed by atoms with Gasteiger partial charge in [0.1, 0.15) is 0 Å². The molecule has 5 heteroatoms. The lowest BCUT2D eigenvalue weighted by Crippen LogP contribution is -2.27. The Labute approximate surface area is 117 Å². The Morgan fingerprint density at radius 1 is 1.53 bits per heavy atom. The Morgan fingerprint density at radius 2 is 2.35 bits per heavy atom. The van der Waals surface area contributed by atoms with Crippen LogP contribution in [-0.4, -0.2) is 17.8 Å². The van der Waals surface area contributed by atoms with Gasteiger partial charge < -0.3 is 5.32 Å². The van der Waals surface area contributed by atoms with Crippen molar-refractivity contribution in [2.75, 3.05) is 11.9 Å². The molecule has 2 aromatic heterocycles. The molecule has 92 valence electrons. The molecular weight excluding hydrogens is 318 g/mol. The molecule has 2 aromatic rings. The molecule has 1 amide bonds.